The minimum Gasteiger partial charge on any atom is -0.480 e. The summed E-state index contributed by atoms with van der Waals surface area (Å²) in [6.45, 7) is 0.238. The first-order valence-electron chi connectivity index (χ1n) is 6.31. The summed E-state index contributed by atoms with van der Waals surface area (Å²) in [7, 11) is -2.28. The Balaban J connectivity index is 2.05. The van der Waals surface area contributed by atoms with Crippen LogP contribution in [0.2, 0.25) is 0 Å². The van der Waals surface area contributed by atoms with Gasteiger partial charge < -0.3 is 10.1 Å². The van der Waals surface area contributed by atoms with Gasteiger partial charge in [-0.1, -0.05) is 12.1 Å². The molecule has 0 aliphatic carbocycles. The van der Waals surface area contributed by atoms with Crippen molar-refractivity contribution in [2.24, 2.45) is 5.14 Å². The molecule has 0 unspecified atom stereocenters. The van der Waals surface area contributed by atoms with Gasteiger partial charge in [0.1, 0.15) is 5.56 Å². The molecule has 0 saturated carbocycles. The molecular weight excluding hydrogens is 306 g/mol. The van der Waals surface area contributed by atoms with Crippen molar-refractivity contribution in [3.63, 3.8) is 0 Å². The number of primary sulfonamides is 1. The maximum atomic E-state index is 12.1. The number of nitrogens with two attached hydrogens (primary N) is 1. The molecule has 0 radical (unpaired) electrons. The van der Waals surface area contributed by atoms with Crippen LogP contribution in [0.4, 0.5) is 0 Å². The zero-order valence-electron chi connectivity index (χ0n) is 11.8. The van der Waals surface area contributed by atoms with Crippen LogP contribution in [-0.4, -0.2) is 26.4 Å². The van der Waals surface area contributed by atoms with E-state index in [2.05, 4.69) is 10.3 Å². The molecule has 3 N–H and O–H groups in total. The number of ether oxygens (including phenoxy) is 1. The van der Waals surface area contributed by atoms with E-state index in [1.165, 1.54) is 25.4 Å². The van der Waals surface area contributed by atoms with Gasteiger partial charge >= 0.3 is 0 Å². The number of hydrogen-bond donors (Lipinski definition) is 2. The summed E-state index contributed by atoms with van der Waals surface area (Å²) < 4.78 is 27.3. The SMILES string of the molecule is COc1ncccc1C(=O)NCc1ccc(S(N)(=O)=O)cc1. The van der Waals surface area contributed by atoms with E-state index in [1.807, 2.05) is 0 Å². The van der Waals surface area contributed by atoms with E-state index in [0.29, 0.717) is 5.56 Å². The topological polar surface area (TPSA) is 111 Å². The summed E-state index contributed by atoms with van der Waals surface area (Å²) in [6.07, 6.45) is 1.53. The van der Waals surface area contributed by atoms with Gasteiger partial charge in [-0.25, -0.2) is 18.5 Å². The quantitative estimate of drug-likeness (QED) is 0.840. The fourth-order valence-corrected chi connectivity index (χ4v) is 2.32. The summed E-state index contributed by atoms with van der Waals surface area (Å²) >= 11 is 0. The largest absolute Gasteiger partial charge is 0.480 e. The molecule has 2 aromatic rings. The molecule has 1 aromatic heterocycles. The van der Waals surface area contributed by atoms with Crippen LogP contribution in [0.15, 0.2) is 47.5 Å². The van der Waals surface area contributed by atoms with Gasteiger partial charge in [-0.2, -0.15) is 0 Å². The van der Waals surface area contributed by atoms with Crippen molar-refractivity contribution >= 4 is 15.9 Å². The van der Waals surface area contributed by atoms with Crippen molar-refractivity contribution in [1.82, 2.24) is 10.3 Å². The monoisotopic (exact) mass is 321 g/mol. The van der Waals surface area contributed by atoms with E-state index < -0.39 is 10.0 Å². The van der Waals surface area contributed by atoms with E-state index in [1.54, 1.807) is 24.3 Å². The van der Waals surface area contributed by atoms with Crippen LogP contribution in [0.25, 0.3) is 0 Å². The van der Waals surface area contributed by atoms with E-state index in [0.717, 1.165) is 5.56 Å². The molecule has 7 nitrogen and oxygen atoms in total. The van der Waals surface area contributed by atoms with E-state index in [9.17, 15) is 13.2 Å². The highest BCUT2D eigenvalue weighted by molar-refractivity contribution is 7.89. The zero-order valence-corrected chi connectivity index (χ0v) is 12.6. The first-order chi connectivity index (χ1) is 10.4. The minimum absolute atomic E-state index is 0.0245. The molecule has 0 aliphatic rings. The molecule has 22 heavy (non-hydrogen) atoms. The Kier molecular flexibility index (Phi) is 4.74. The van der Waals surface area contributed by atoms with E-state index in [4.69, 9.17) is 9.88 Å². The van der Waals surface area contributed by atoms with Gasteiger partial charge in [0, 0.05) is 12.7 Å². The van der Waals surface area contributed by atoms with Crippen molar-refractivity contribution in [3.05, 3.63) is 53.7 Å². The second-order valence-corrected chi connectivity index (χ2v) is 5.99. The van der Waals surface area contributed by atoms with Gasteiger partial charge in [0.05, 0.1) is 12.0 Å². The van der Waals surface area contributed by atoms with Gasteiger partial charge in [-0.05, 0) is 29.8 Å². The summed E-state index contributed by atoms with van der Waals surface area (Å²) in [6, 6.07) is 9.19. The second-order valence-electron chi connectivity index (χ2n) is 4.43. The lowest BCUT2D eigenvalue weighted by atomic mass is 10.2. The third kappa shape index (κ3) is 3.80. The molecule has 116 valence electrons. The number of amides is 1. The van der Waals surface area contributed by atoms with Crippen molar-refractivity contribution in [2.45, 2.75) is 11.4 Å². The highest BCUT2D eigenvalue weighted by Gasteiger charge is 2.12. The highest BCUT2D eigenvalue weighted by Crippen LogP contribution is 2.14. The lowest BCUT2D eigenvalue weighted by Crippen LogP contribution is -2.23. The number of carbonyl (C=O) groups is 1. The molecule has 0 aliphatic heterocycles. The van der Waals surface area contributed by atoms with Crippen LogP contribution in [0.1, 0.15) is 15.9 Å². The Morgan fingerprint density at radius 2 is 1.95 bits per heavy atom. The Hall–Kier alpha value is -2.45. The van der Waals surface area contributed by atoms with Crippen molar-refractivity contribution in [2.75, 3.05) is 7.11 Å². The lowest BCUT2D eigenvalue weighted by Gasteiger charge is -2.08. The molecule has 8 heteroatoms. The molecular formula is C14H15N3O4S. The number of pyridine rings is 1. The van der Waals surface area contributed by atoms with Gasteiger partial charge in [-0.15, -0.1) is 0 Å². The summed E-state index contributed by atoms with van der Waals surface area (Å²) in [4.78, 5) is 16.0. The average Bonchev–Trinajstić information content (AvgIpc) is 2.52. The van der Waals surface area contributed by atoms with Gasteiger partial charge in [0.15, 0.2) is 0 Å². The predicted octanol–water partition coefficient (Wildman–Crippen LogP) is 0.668. The number of nitrogens with zero attached hydrogens (tertiary/aromatic N) is 1. The van der Waals surface area contributed by atoms with Crippen LogP contribution in [-0.2, 0) is 16.6 Å². The van der Waals surface area contributed by atoms with Crippen LogP contribution in [0.3, 0.4) is 0 Å². The number of hydrogen-bond acceptors (Lipinski definition) is 5. The number of sulfonamides is 1. The van der Waals surface area contributed by atoms with Crippen molar-refractivity contribution < 1.29 is 17.9 Å². The third-order valence-electron chi connectivity index (χ3n) is 2.91. The van der Waals surface area contributed by atoms with Gasteiger partial charge in [0.25, 0.3) is 5.91 Å². The van der Waals surface area contributed by atoms with E-state index >= 15 is 0 Å². The summed E-state index contributed by atoms with van der Waals surface area (Å²) in [5.41, 5.74) is 1.06. The highest BCUT2D eigenvalue weighted by atomic mass is 32.2. The number of methoxy groups -OCH3 is 1. The molecule has 0 fully saturated rings. The maximum Gasteiger partial charge on any atom is 0.257 e. The summed E-state index contributed by atoms with van der Waals surface area (Å²) in [5.74, 6) is -0.0926. The third-order valence-corrected chi connectivity index (χ3v) is 3.84. The Labute approximate surface area is 128 Å². The predicted molar refractivity (Wildman–Crippen MR) is 79.8 cm³/mol. The number of carbonyl (C=O) groups excluding carboxylic acids is 1. The lowest BCUT2D eigenvalue weighted by molar-refractivity contribution is 0.0947. The molecule has 0 spiro atoms. The number of rotatable bonds is 5. The number of aromatic nitrogens is 1. The first kappa shape index (κ1) is 15.9. The molecule has 2 rings (SSSR count). The molecule has 0 saturated heterocycles. The van der Waals surface area contributed by atoms with Crippen LogP contribution < -0.4 is 15.2 Å². The molecule has 1 heterocycles. The van der Waals surface area contributed by atoms with E-state index in [-0.39, 0.29) is 23.2 Å². The Bertz CT molecular complexity index is 773. The second kappa shape index (κ2) is 6.54. The zero-order chi connectivity index (χ0) is 16.2. The van der Waals surface area contributed by atoms with Crippen molar-refractivity contribution in [3.8, 4) is 5.88 Å². The Morgan fingerprint density at radius 3 is 2.55 bits per heavy atom. The van der Waals surface area contributed by atoms with Gasteiger partial charge in [0.2, 0.25) is 15.9 Å². The van der Waals surface area contributed by atoms with Crippen LogP contribution in [0.5, 0.6) is 5.88 Å². The van der Waals surface area contributed by atoms with Crippen LogP contribution >= 0.6 is 0 Å². The number of nitrogens with one attached hydrogen (secondary N) is 1. The average molecular weight is 321 g/mol. The summed E-state index contributed by atoms with van der Waals surface area (Å²) in [5, 5.41) is 7.73. The first-order valence-corrected chi connectivity index (χ1v) is 7.85. The van der Waals surface area contributed by atoms with Gasteiger partial charge in [-0.3, -0.25) is 4.79 Å². The maximum absolute atomic E-state index is 12.1. The fourth-order valence-electron chi connectivity index (χ4n) is 1.80. The fraction of sp³-hybridized carbons (Fsp3) is 0.143. The minimum atomic E-state index is -3.71. The van der Waals surface area contributed by atoms with Crippen molar-refractivity contribution in [1.29, 1.82) is 0 Å². The van der Waals surface area contributed by atoms with Crippen LogP contribution in [0, 0.1) is 0 Å². The standard InChI is InChI=1S/C14H15N3O4S/c1-21-14-12(3-2-8-16-14)13(18)17-9-10-4-6-11(7-5-10)22(15,19)20/h2-8H,9H2,1H3,(H,17,18)(H2,15,19,20). The molecule has 1 amide bonds. The number of benzene rings is 1. The molecule has 0 bridgehead atoms. The Morgan fingerprint density at radius 1 is 1.27 bits per heavy atom. The normalized spacial score (nSPS) is 11.0. The molecule has 1 aromatic carbocycles. The molecule has 0 atom stereocenters. The smallest absolute Gasteiger partial charge is 0.257 e.